The highest BCUT2D eigenvalue weighted by atomic mass is 32.1. The zero-order chi connectivity index (χ0) is 69.8. The van der Waals surface area contributed by atoms with Crippen molar-refractivity contribution in [3.63, 3.8) is 0 Å². The molecule has 2 aliphatic carbocycles. The van der Waals surface area contributed by atoms with Crippen LogP contribution >= 0.6 is 45.3 Å². The minimum atomic E-state index is -1.32. The van der Waals surface area contributed by atoms with Crippen LogP contribution in [-0.2, 0) is 22.0 Å². The van der Waals surface area contributed by atoms with Gasteiger partial charge in [-0.3, -0.25) is 0 Å². The van der Waals surface area contributed by atoms with Crippen LogP contribution in [0.5, 0.6) is 0 Å². The molecule has 2 aliphatic rings. The third-order valence-corrected chi connectivity index (χ3v) is 25.7. The maximum absolute atomic E-state index is 12.8. The maximum Gasteiger partial charge on any atom is 0.141 e. The number of fused-ring (bicyclic) bond motifs is 10. The maximum atomic E-state index is 12.8. The minimum absolute atomic E-state index is 0.445. The molecule has 496 valence electrons. The number of aliphatic hydroxyl groups is 2. The summed E-state index contributed by atoms with van der Waals surface area (Å²) in [7, 11) is 0. The van der Waals surface area contributed by atoms with Crippen LogP contribution in [0, 0.1) is 55.4 Å². The predicted octanol–water partition coefficient (Wildman–Crippen LogP) is 25.0. The third kappa shape index (κ3) is 10.4. The summed E-state index contributed by atoms with van der Waals surface area (Å²) in [6.07, 6.45) is 0. The monoisotopic (exact) mass is 1390 g/mol. The largest absolute Gasteiger partial charge is 0.376 e. The summed E-state index contributed by atoms with van der Waals surface area (Å²) < 4.78 is 0. The van der Waals surface area contributed by atoms with Crippen LogP contribution in [0.4, 0.5) is 0 Å². The molecule has 4 aromatic heterocycles. The van der Waals surface area contributed by atoms with Crippen LogP contribution in [0.25, 0.3) is 63.3 Å². The number of aryl methyl sites for hydroxylation is 8. The fourth-order valence-corrected chi connectivity index (χ4v) is 20.4. The van der Waals surface area contributed by atoms with E-state index in [2.05, 4.69) is 307 Å². The van der Waals surface area contributed by atoms with Crippen molar-refractivity contribution in [2.75, 3.05) is 0 Å². The van der Waals surface area contributed by atoms with E-state index in [0.717, 1.165) is 87.3 Å². The number of rotatable bonds is 12. The second-order valence-electron chi connectivity index (χ2n) is 28.4. The van der Waals surface area contributed by atoms with Gasteiger partial charge in [0, 0.05) is 30.6 Å². The van der Waals surface area contributed by atoms with Crippen molar-refractivity contribution in [1.29, 1.82) is 0 Å². The van der Waals surface area contributed by atoms with E-state index in [1.165, 1.54) is 98.4 Å². The van der Waals surface area contributed by atoms with Gasteiger partial charge in [0.15, 0.2) is 0 Å². The summed E-state index contributed by atoms with van der Waals surface area (Å²) in [6, 6.07) is 102. The summed E-state index contributed by atoms with van der Waals surface area (Å²) in [5.41, 5.74) is 27.0. The lowest BCUT2D eigenvalue weighted by molar-refractivity contribution is 0.126. The Hall–Kier alpha value is -10.1. The molecule has 0 aliphatic heterocycles. The van der Waals surface area contributed by atoms with E-state index in [1.807, 2.05) is 71.2 Å². The highest BCUT2D eigenvalue weighted by Gasteiger charge is 2.52. The lowest BCUT2D eigenvalue weighted by atomic mass is 9.64. The van der Waals surface area contributed by atoms with Crippen molar-refractivity contribution in [2.24, 2.45) is 0 Å². The number of benzene rings is 12. The highest BCUT2D eigenvalue weighted by molar-refractivity contribution is 7.15. The Labute approximate surface area is 614 Å². The van der Waals surface area contributed by atoms with Crippen LogP contribution in [0.15, 0.2) is 301 Å². The van der Waals surface area contributed by atoms with Crippen LogP contribution < -0.4 is 0 Å². The summed E-state index contributed by atoms with van der Waals surface area (Å²) in [4.78, 5) is 4.84. The molecule has 0 fully saturated rings. The summed E-state index contributed by atoms with van der Waals surface area (Å²) in [5, 5.41) is 39.2. The fourth-order valence-electron chi connectivity index (χ4n) is 16.5. The van der Waals surface area contributed by atoms with E-state index < -0.39 is 22.0 Å². The quantitative estimate of drug-likeness (QED) is 0.128. The average molecular weight is 1390 g/mol. The van der Waals surface area contributed by atoms with E-state index in [4.69, 9.17) is 0 Å². The molecule has 4 heterocycles. The zero-order valence-corrected chi connectivity index (χ0v) is 61.7. The van der Waals surface area contributed by atoms with E-state index in [-0.39, 0.29) is 0 Å². The second kappa shape index (κ2) is 25.4. The Bertz CT molecular complexity index is 5280. The molecule has 0 saturated carbocycles. The first-order valence-corrected chi connectivity index (χ1v) is 38.6. The summed E-state index contributed by atoms with van der Waals surface area (Å²) in [5.74, 6) is 0. The molecule has 12 aromatic carbocycles. The molecule has 0 spiro atoms. The molecule has 0 saturated heterocycles. The minimum Gasteiger partial charge on any atom is -0.376 e. The Kier molecular flexibility index (Phi) is 16.3. The number of thiophene rings is 4. The van der Waals surface area contributed by atoms with Crippen LogP contribution in [-0.4, -0.2) is 10.2 Å². The Morgan fingerprint density at radius 3 is 0.794 bits per heavy atom. The molecular weight excluding hydrogens is 1310 g/mol. The van der Waals surface area contributed by atoms with Gasteiger partial charge in [0.1, 0.15) is 11.2 Å². The standard InChI is InChI=1S/C48H40O2S2.C48H36S2/c1-31-5-17-39(18-6-31)47(49,40-19-7-32(2)8-20-40)43-25-27-51-45(43)37-15-13-36-30-38(16-14-35(36)29-37)46-44(26-28-52-46)48(50,41-21-9-33(3)10-22-41)42-23-11-34(4)12-24-42;1-29-5-13-33(14-6-29)47(34-15-7-30(2)8-16-34)41-25-27-49-45(41)39-23-22-38-37(43(39)47)21-24-40-44(38)48(42-26-28-50-46(40)42,35-17-9-31(3)10-18-35)36-19-11-32(4)12-20-36/h5-30,49-50H,1-4H3;5-28H,1-4H3. The lowest BCUT2D eigenvalue weighted by Gasteiger charge is -2.36. The van der Waals surface area contributed by atoms with E-state index in [0.29, 0.717) is 0 Å². The highest BCUT2D eigenvalue weighted by Crippen LogP contribution is 2.64. The molecule has 16 aromatic rings. The van der Waals surface area contributed by atoms with Gasteiger partial charge in [0.25, 0.3) is 0 Å². The molecule has 0 radical (unpaired) electrons. The Morgan fingerprint density at radius 1 is 0.255 bits per heavy atom. The van der Waals surface area contributed by atoms with E-state index >= 15 is 0 Å². The molecule has 18 rings (SSSR count). The summed E-state index contributed by atoms with van der Waals surface area (Å²) >= 11 is 7.05. The molecule has 0 bridgehead atoms. The average Bonchev–Trinajstić information content (AvgIpc) is 1.49. The number of hydrogen-bond donors (Lipinski definition) is 2. The van der Waals surface area contributed by atoms with Gasteiger partial charge in [0.2, 0.25) is 0 Å². The van der Waals surface area contributed by atoms with Gasteiger partial charge in [0.05, 0.1) is 10.8 Å². The second-order valence-corrected chi connectivity index (χ2v) is 32.0. The molecular formula is C96H76O2S4. The molecule has 2 nitrogen and oxygen atoms in total. The van der Waals surface area contributed by atoms with Crippen LogP contribution in [0.1, 0.15) is 122 Å². The van der Waals surface area contributed by atoms with Crippen molar-refractivity contribution >= 4 is 66.9 Å². The van der Waals surface area contributed by atoms with Gasteiger partial charge < -0.3 is 10.2 Å². The van der Waals surface area contributed by atoms with Gasteiger partial charge in [-0.05, 0) is 224 Å². The SMILES string of the molecule is Cc1ccc(C(O)(c2ccc(C)cc2)c2ccsc2-c2ccc3cc(-c4sccc4C(O)(c4ccc(C)cc4)c4ccc(C)cc4)ccc3c2)cc1.Cc1ccc(C2(c3ccc(C)cc3)c3ccsc3-c3ccc4c5c(ccc4c32)-c2sccc2C5(c2ccc(C)cc2)c2ccc(C)cc2)cc1. The van der Waals surface area contributed by atoms with Crippen molar-refractivity contribution in [3.05, 3.63) is 423 Å². The first kappa shape index (κ1) is 65.2. The Balaban J connectivity index is 0.000000152. The van der Waals surface area contributed by atoms with Gasteiger partial charge >= 0.3 is 0 Å². The van der Waals surface area contributed by atoms with Gasteiger partial charge in [-0.15, -0.1) is 45.3 Å². The normalized spacial score (nSPS) is 13.4. The summed E-state index contributed by atoms with van der Waals surface area (Å²) in [6.45, 7) is 17.0. The van der Waals surface area contributed by atoms with E-state index in [9.17, 15) is 10.2 Å². The topological polar surface area (TPSA) is 40.5 Å². The molecule has 102 heavy (non-hydrogen) atoms. The van der Waals surface area contributed by atoms with Gasteiger partial charge in [-0.2, -0.15) is 0 Å². The van der Waals surface area contributed by atoms with Crippen LogP contribution in [0.3, 0.4) is 0 Å². The predicted molar refractivity (Wildman–Crippen MR) is 433 cm³/mol. The molecule has 0 unspecified atom stereocenters. The fraction of sp³-hybridized carbons (Fsp3) is 0.125. The van der Waals surface area contributed by atoms with Crippen molar-refractivity contribution in [1.82, 2.24) is 0 Å². The number of hydrogen-bond acceptors (Lipinski definition) is 6. The smallest absolute Gasteiger partial charge is 0.141 e. The molecule has 2 N–H and O–H groups in total. The molecule has 0 amide bonds. The molecule has 0 atom stereocenters. The van der Waals surface area contributed by atoms with Crippen molar-refractivity contribution in [2.45, 2.75) is 77.4 Å². The van der Waals surface area contributed by atoms with Crippen LogP contribution in [0.2, 0.25) is 0 Å². The van der Waals surface area contributed by atoms with Gasteiger partial charge in [-0.25, -0.2) is 0 Å². The van der Waals surface area contributed by atoms with Crippen molar-refractivity contribution in [3.8, 4) is 41.8 Å². The Morgan fingerprint density at radius 2 is 0.510 bits per heavy atom. The van der Waals surface area contributed by atoms with Crippen molar-refractivity contribution < 1.29 is 10.2 Å². The zero-order valence-electron chi connectivity index (χ0n) is 58.4. The van der Waals surface area contributed by atoms with Gasteiger partial charge in [-0.1, -0.05) is 287 Å². The molecule has 6 heteroatoms. The van der Waals surface area contributed by atoms with E-state index in [1.54, 1.807) is 22.7 Å². The first-order chi connectivity index (χ1) is 49.6. The lowest BCUT2D eigenvalue weighted by Crippen LogP contribution is -2.30. The first-order valence-electron chi connectivity index (χ1n) is 35.1. The third-order valence-electron chi connectivity index (χ3n) is 21.9.